The summed E-state index contributed by atoms with van der Waals surface area (Å²) in [7, 11) is 1.59. The highest BCUT2D eigenvalue weighted by Crippen LogP contribution is 2.07. The van der Waals surface area contributed by atoms with Crippen LogP contribution < -0.4 is 5.32 Å². The predicted molar refractivity (Wildman–Crippen MR) is 80.3 cm³/mol. The monoisotopic (exact) mass is 312 g/mol. The van der Waals surface area contributed by atoms with Crippen molar-refractivity contribution in [2.45, 2.75) is 19.8 Å². The Hall–Kier alpha value is -1.89. The van der Waals surface area contributed by atoms with Gasteiger partial charge < -0.3 is 15.3 Å². The van der Waals surface area contributed by atoms with Crippen LogP contribution in [0, 0.1) is 5.92 Å². The third kappa shape index (κ3) is 5.95. The van der Waals surface area contributed by atoms with Crippen molar-refractivity contribution in [3.63, 3.8) is 0 Å². The average molecular weight is 312 g/mol. The molecule has 21 heavy (non-hydrogen) atoms. The van der Waals surface area contributed by atoms with Gasteiger partial charge in [-0.1, -0.05) is 13.0 Å². The molecule has 2 N–H and O–H groups in total. The van der Waals surface area contributed by atoms with Crippen LogP contribution in [0.15, 0.2) is 17.5 Å². The second-order valence-electron chi connectivity index (χ2n) is 4.85. The standard InChI is InChI=1S/C14H20N2O4S/c1-10(14(19)20)9-16(2)12(17)6-3-7-15-13(18)11-5-4-8-21-11/h4-5,8,10H,3,6-7,9H2,1-2H3,(H,15,18)(H,19,20). The molecule has 7 heteroatoms. The molecule has 6 nitrogen and oxygen atoms in total. The lowest BCUT2D eigenvalue weighted by Gasteiger charge is -2.19. The van der Waals surface area contributed by atoms with Crippen LogP contribution in [0.2, 0.25) is 0 Å². The Balaban J connectivity index is 2.21. The summed E-state index contributed by atoms with van der Waals surface area (Å²) in [6.45, 7) is 2.17. The molecule has 116 valence electrons. The normalized spacial score (nSPS) is 11.7. The lowest BCUT2D eigenvalue weighted by molar-refractivity contribution is -0.142. The third-order valence-corrected chi connectivity index (χ3v) is 3.86. The van der Waals surface area contributed by atoms with Crippen molar-refractivity contribution in [1.29, 1.82) is 0 Å². The summed E-state index contributed by atoms with van der Waals surface area (Å²) < 4.78 is 0. The van der Waals surface area contributed by atoms with Gasteiger partial charge in [-0.2, -0.15) is 0 Å². The minimum Gasteiger partial charge on any atom is -0.481 e. The predicted octanol–water partition coefficient (Wildman–Crippen LogP) is 1.44. The molecule has 0 saturated heterocycles. The van der Waals surface area contributed by atoms with Gasteiger partial charge in [0.2, 0.25) is 5.91 Å². The number of aliphatic carboxylic acids is 1. The molecule has 1 aromatic heterocycles. The van der Waals surface area contributed by atoms with Crippen molar-refractivity contribution < 1.29 is 19.5 Å². The molecule has 0 radical (unpaired) electrons. The van der Waals surface area contributed by atoms with Crippen molar-refractivity contribution in [3.05, 3.63) is 22.4 Å². The van der Waals surface area contributed by atoms with E-state index in [4.69, 9.17) is 5.11 Å². The Bertz CT molecular complexity index is 487. The second kappa shape index (κ2) is 8.41. The molecule has 1 rings (SSSR count). The highest BCUT2D eigenvalue weighted by Gasteiger charge is 2.17. The number of carboxylic acid groups (broad SMARTS) is 1. The largest absolute Gasteiger partial charge is 0.481 e. The van der Waals surface area contributed by atoms with E-state index in [-0.39, 0.29) is 24.8 Å². The van der Waals surface area contributed by atoms with Crippen LogP contribution in [-0.4, -0.2) is 47.9 Å². The molecular weight excluding hydrogens is 292 g/mol. The molecule has 0 saturated carbocycles. The van der Waals surface area contributed by atoms with Gasteiger partial charge in [0.1, 0.15) is 0 Å². The lowest BCUT2D eigenvalue weighted by atomic mass is 10.1. The number of rotatable bonds is 8. The molecule has 0 aliphatic heterocycles. The van der Waals surface area contributed by atoms with Gasteiger partial charge in [0.25, 0.3) is 5.91 Å². The SMILES string of the molecule is CC(CN(C)C(=O)CCCNC(=O)c1cccs1)C(=O)O. The molecule has 1 atom stereocenters. The summed E-state index contributed by atoms with van der Waals surface area (Å²) in [6.07, 6.45) is 0.815. The number of hydrogen-bond acceptors (Lipinski definition) is 4. The second-order valence-corrected chi connectivity index (χ2v) is 5.80. The Morgan fingerprint density at radius 2 is 2.14 bits per heavy atom. The van der Waals surface area contributed by atoms with Crippen molar-refractivity contribution in [2.75, 3.05) is 20.1 Å². The number of thiophene rings is 1. The molecule has 1 unspecified atom stereocenters. The molecule has 0 fully saturated rings. The van der Waals surface area contributed by atoms with Gasteiger partial charge in [0.05, 0.1) is 10.8 Å². The zero-order valence-corrected chi connectivity index (χ0v) is 13.0. The van der Waals surface area contributed by atoms with Crippen molar-refractivity contribution in [2.24, 2.45) is 5.92 Å². The number of nitrogens with zero attached hydrogens (tertiary/aromatic N) is 1. The maximum atomic E-state index is 11.8. The summed E-state index contributed by atoms with van der Waals surface area (Å²) in [5.41, 5.74) is 0. The Morgan fingerprint density at radius 1 is 1.43 bits per heavy atom. The van der Waals surface area contributed by atoms with Gasteiger partial charge in [-0.05, 0) is 17.9 Å². The van der Waals surface area contributed by atoms with Gasteiger partial charge in [-0.3, -0.25) is 14.4 Å². The molecule has 1 aromatic rings. The first-order chi connectivity index (χ1) is 9.91. The van der Waals surface area contributed by atoms with Crippen LogP contribution in [0.4, 0.5) is 0 Å². The quantitative estimate of drug-likeness (QED) is 0.711. The van der Waals surface area contributed by atoms with E-state index < -0.39 is 11.9 Å². The maximum absolute atomic E-state index is 11.8. The van der Waals surface area contributed by atoms with Crippen LogP contribution >= 0.6 is 11.3 Å². The minimum absolute atomic E-state index is 0.117. The molecule has 0 spiro atoms. The van der Waals surface area contributed by atoms with Gasteiger partial charge in [-0.25, -0.2) is 0 Å². The minimum atomic E-state index is -0.919. The topological polar surface area (TPSA) is 86.7 Å². The maximum Gasteiger partial charge on any atom is 0.308 e. The summed E-state index contributed by atoms with van der Waals surface area (Å²) in [5, 5.41) is 13.4. The molecule has 2 amide bonds. The molecule has 0 aliphatic rings. The lowest BCUT2D eigenvalue weighted by Crippen LogP contribution is -2.34. The van der Waals surface area contributed by atoms with Gasteiger partial charge in [-0.15, -0.1) is 11.3 Å². The van der Waals surface area contributed by atoms with E-state index in [1.54, 1.807) is 20.0 Å². The number of carbonyl (C=O) groups is 3. The van der Waals surface area contributed by atoms with Crippen molar-refractivity contribution in [1.82, 2.24) is 10.2 Å². The molecule has 0 aromatic carbocycles. The highest BCUT2D eigenvalue weighted by atomic mass is 32.1. The van der Waals surface area contributed by atoms with E-state index in [9.17, 15) is 14.4 Å². The molecule has 0 aliphatic carbocycles. The number of carbonyl (C=O) groups excluding carboxylic acids is 2. The van der Waals surface area contributed by atoms with Gasteiger partial charge in [0, 0.05) is 26.6 Å². The van der Waals surface area contributed by atoms with Gasteiger partial charge in [0.15, 0.2) is 0 Å². The third-order valence-electron chi connectivity index (χ3n) is 2.99. The van der Waals surface area contributed by atoms with E-state index >= 15 is 0 Å². The van der Waals surface area contributed by atoms with E-state index in [1.807, 2.05) is 11.4 Å². The first-order valence-electron chi connectivity index (χ1n) is 6.70. The average Bonchev–Trinajstić information content (AvgIpc) is 2.96. The van der Waals surface area contributed by atoms with Crippen LogP contribution in [-0.2, 0) is 9.59 Å². The van der Waals surface area contributed by atoms with E-state index in [0.717, 1.165) is 0 Å². The van der Waals surface area contributed by atoms with Crippen molar-refractivity contribution in [3.8, 4) is 0 Å². The number of nitrogens with one attached hydrogen (secondary N) is 1. The van der Waals surface area contributed by atoms with Gasteiger partial charge >= 0.3 is 5.97 Å². The zero-order valence-electron chi connectivity index (χ0n) is 12.2. The first-order valence-corrected chi connectivity index (χ1v) is 7.58. The summed E-state index contributed by atoms with van der Waals surface area (Å²) in [6, 6.07) is 3.55. The van der Waals surface area contributed by atoms with Crippen LogP contribution in [0.1, 0.15) is 29.4 Å². The number of amides is 2. The zero-order chi connectivity index (χ0) is 15.8. The van der Waals surface area contributed by atoms with Crippen LogP contribution in [0.25, 0.3) is 0 Å². The Morgan fingerprint density at radius 3 is 2.71 bits per heavy atom. The summed E-state index contributed by atoms with van der Waals surface area (Å²) >= 11 is 1.37. The Kier molecular flexibility index (Phi) is 6.87. The summed E-state index contributed by atoms with van der Waals surface area (Å²) in [4.78, 5) is 36.2. The van der Waals surface area contributed by atoms with Crippen LogP contribution in [0.3, 0.4) is 0 Å². The Labute approximate surface area is 127 Å². The van der Waals surface area contributed by atoms with E-state index in [1.165, 1.54) is 16.2 Å². The van der Waals surface area contributed by atoms with E-state index in [0.29, 0.717) is 17.8 Å². The number of carboxylic acids is 1. The first kappa shape index (κ1) is 17.2. The van der Waals surface area contributed by atoms with Crippen molar-refractivity contribution >= 4 is 29.1 Å². The molecule has 1 heterocycles. The van der Waals surface area contributed by atoms with E-state index in [2.05, 4.69) is 5.32 Å². The fourth-order valence-corrected chi connectivity index (χ4v) is 2.36. The fourth-order valence-electron chi connectivity index (χ4n) is 1.72. The fraction of sp³-hybridized carbons (Fsp3) is 0.500. The highest BCUT2D eigenvalue weighted by molar-refractivity contribution is 7.12. The smallest absolute Gasteiger partial charge is 0.308 e. The molecule has 0 bridgehead atoms. The summed E-state index contributed by atoms with van der Waals surface area (Å²) in [5.74, 6) is -1.76. The molecular formula is C14H20N2O4S. The number of hydrogen-bond donors (Lipinski definition) is 2. The van der Waals surface area contributed by atoms with Crippen LogP contribution in [0.5, 0.6) is 0 Å².